The summed E-state index contributed by atoms with van der Waals surface area (Å²) in [7, 11) is 0. The summed E-state index contributed by atoms with van der Waals surface area (Å²) < 4.78 is 12.8. The van der Waals surface area contributed by atoms with E-state index in [4.69, 9.17) is 11.5 Å². The van der Waals surface area contributed by atoms with Gasteiger partial charge in [0.05, 0.1) is 5.69 Å². The molecule has 2 aromatic rings. The first kappa shape index (κ1) is 12.2. The number of hydrogen-bond donors (Lipinski definition) is 3. The molecule has 0 aliphatic carbocycles. The number of anilines is 3. The van der Waals surface area contributed by atoms with Crippen LogP contribution in [-0.4, -0.2) is 4.98 Å². The summed E-state index contributed by atoms with van der Waals surface area (Å²) in [5.74, 6) is 0.686. The smallest absolute Gasteiger partial charge is 0.149 e. The molecule has 1 aromatic carbocycles. The fourth-order valence-corrected chi connectivity index (χ4v) is 1.62. The molecule has 1 aromatic heterocycles. The number of nitrogens with zero attached hydrogens (tertiary/aromatic N) is 1. The molecule has 0 fully saturated rings. The fraction of sp³-hybridized carbons (Fsp3) is 0.154. The molecule has 1 atom stereocenters. The predicted octanol–water partition coefficient (Wildman–Crippen LogP) is 2.56. The van der Waals surface area contributed by atoms with Gasteiger partial charge in [-0.15, -0.1) is 0 Å². The van der Waals surface area contributed by atoms with Gasteiger partial charge in [0.15, 0.2) is 0 Å². The van der Waals surface area contributed by atoms with E-state index in [9.17, 15) is 4.39 Å². The molecule has 18 heavy (non-hydrogen) atoms. The standard InChI is InChI=1S/C13H15FN4/c1-8(9-2-4-10(14)5-3-9)17-12-7-6-11(15)13(16)18-12/h2-8H,15H2,1H3,(H3,16,17,18). The van der Waals surface area contributed by atoms with E-state index in [0.29, 0.717) is 17.3 Å². The number of benzene rings is 1. The first-order chi connectivity index (χ1) is 8.56. The van der Waals surface area contributed by atoms with Crippen LogP contribution in [0, 0.1) is 5.82 Å². The molecule has 1 unspecified atom stereocenters. The quantitative estimate of drug-likeness (QED) is 0.777. The maximum absolute atomic E-state index is 12.8. The van der Waals surface area contributed by atoms with Crippen LogP contribution in [-0.2, 0) is 0 Å². The molecule has 4 nitrogen and oxygen atoms in total. The van der Waals surface area contributed by atoms with Crippen LogP contribution < -0.4 is 16.8 Å². The van der Waals surface area contributed by atoms with Crippen LogP contribution in [0.2, 0.25) is 0 Å². The number of nitrogens with two attached hydrogens (primary N) is 2. The van der Waals surface area contributed by atoms with Gasteiger partial charge >= 0.3 is 0 Å². The lowest BCUT2D eigenvalue weighted by Gasteiger charge is -2.15. The van der Waals surface area contributed by atoms with Gasteiger partial charge in [-0.3, -0.25) is 0 Å². The summed E-state index contributed by atoms with van der Waals surface area (Å²) in [5.41, 5.74) is 12.6. The van der Waals surface area contributed by atoms with E-state index >= 15 is 0 Å². The zero-order chi connectivity index (χ0) is 13.1. The molecule has 0 saturated carbocycles. The third-order valence-electron chi connectivity index (χ3n) is 2.69. The molecule has 94 valence electrons. The zero-order valence-corrected chi connectivity index (χ0v) is 10.0. The van der Waals surface area contributed by atoms with Crippen molar-refractivity contribution >= 4 is 17.3 Å². The SMILES string of the molecule is CC(Nc1ccc(N)c(N)n1)c1ccc(F)cc1. The second-order valence-corrected chi connectivity index (χ2v) is 4.09. The number of aromatic nitrogens is 1. The van der Waals surface area contributed by atoms with E-state index in [1.54, 1.807) is 24.3 Å². The number of rotatable bonds is 3. The molecule has 1 heterocycles. The Morgan fingerprint density at radius 1 is 1.11 bits per heavy atom. The minimum atomic E-state index is -0.249. The number of nitrogens with one attached hydrogen (secondary N) is 1. The zero-order valence-electron chi connectivity index (χ0n) is 10.0. The van der Waals surface area contributed by atoms with Crippen LogP contribution in [0.3, 0.4) is 0 Å². The molecule has 5 heteroatoms. The third kappa shape index (κ3) is 2.68. The van der Waals surface area contributed by atoms with Gasteiger partial charge in [0.25, 0.3) is 0 Å². The van der Waals surface area contributed by atoms with Crippen LogP contribution in [0.1, 0.15) is 18.5 Å². The number of hydrogen-bond acceptors (Lipinski definition) is 4. The van der Waals surface area contributed by atoms with Crippen LogP contribution in [0.4, 0.5) is 21.7 Å². The van der Waals surface area contributed by atoms with Crippen molar-refractivity contribution in [3.63, 3.8) is 0 Å². The Morgan fingerprint density at radius 3 is 2.39 bits per heavy atom. The van der Waals surface area contributed by atoms with Crippen molar-refractivity contribution in [3.8, 4) is 0 Å². The third-order valence-corrected chi connectivity index (χ3v) is 2.69. The summed E-state index contributed by atoms with van der Waals surface area (Å²) in [6.07, 6.45) is 0. The lowest BCUT2D eigenvalue weighted by Crippen LogP contribution is -2.09. The number of halogens is 1. The Kier molecular flexibility index (Phi) is 3.32. The second kappa shape index (κ2) is 4.91. The van der Waals surface area contributed by atoms with Gasteiger partial charge in [0.2, 0.25) is 0 Å². The molecule has 0 radical (unpaired) electrons. The average Bonchev–Trinajstić information content (AvgIpc) is 2.34. The second-order valence-electron chi connectivity index (χ2n) is 4.09. The molecule has 0 amide bonds. The first-order valence-electron chi connectivity index (χ1n) is 5.60. The van der Waals surface area contributed by atoms with Crippen molar-refractivity contribution in [2.45, 2.75) is 13.0 Å². The lowest BCUT2D eigenvalue weighted by molar-refractivity contribution is 0.626. The van der Waals surface area contributed by atoms with Gasteiger partial charge in [-0.05, 0) is 36.8 Å². The lowest BCUT2D eigenvalue weighted by atomic mass is 10.1. The van der Waals surface area contributed by atoms with E-state index in [-0.39, 0.29) is 11.9 Å². The summed E-state index contributed by atoms with van der Waals surface area (Å²) in [5, 5.41) is 3.18. The van der Waals surface area contributed by atoms with Crippen molar-refractivity contribution < 1.29 is 4.39 Å². The Labute approximate surface area is 105 Å². The maximum atomic E-state index is 12.8. The average molecular weight is 246 g/mol. The van der Waals surface area contributed by atoms with Crippen molar-refractivity contribution in [2.24, 2.45) is 0 Å². The van der Waals surface area contributed by atoms with E-state index < -0.39 is 0 Å². The molecule has 5 N–H and O–H groups in total. The van der Waals surface area contributed by atoms with E-state index in [1.165, 1.54) is 12.1 Å². The van der Waals surface area contributed by atoms with Crippen molar-refractivity contribution in [3.05, 3.63) is 47.8 Å². The van der Waals surface area contributed by atoms with E-state index in [1.807, 2.05) is 6.92 Å². The Balaban J connectivity index is 2.13. The minimum Gasteiger partial charge on any atom is -0.396 e. The van der Waals surface area contributed by atoms with Gasteiger partial charge in [0.1, 0.15) is 17.5 Å². The fourth-order valence-electron chi connectivity index (χ4n) is 1.62. The van der Waals surface area contributed by atoms with Gasteiger partial charge in [0, 0.05) is 6.04 Å². The van der Waals surface area contributed by atoms with Crippen LogP contribution >= 0.6 is 0 Å². The van der Waals surface area contributed by atoms with E-state index in [0.717, 1.165) is 5.56 Å². The maximum Gasteiger partial charge on any atom is 0.149 e. The summed E-state index contributed by atoms with van der Waals surface area (Å²) >= 11 is 0. The number of pyridine rings is 1. The first-order valence-corrected chi connectivity index (χ1v) is 5.60. The van der Waals surface area contributed by atoms with Crippen LogP contribution in [0.15, 0.2) is 36.4 Å². The van der Waals surface area contributed by atoms with Crippen LogP contribution in [0.5, 0.6) is 0 Å². The molecule has 2 rings (SSSR count). The summed E-state index contributed by atoms with van der Waals surface area (Å²) in [6, 6.07) is 9.77. The molecular weight excluding hydrogens is 231 g/mol. The molecule has 0 aliphatic heterocycles. The van der Waals surface area contributed by atoms with Gasteiger partial charge in [-0.1, -0.05) is 12.1 Å². The van der Waals surface area contributed by atoms with Crippen molar-refractivity contribution in [1.29, 1.82) is 0 Å². The minimum absolute atomic E-state index is 0.00104. The predicted molar refractivity (Wildman–Crippen MR) is 71.5 cm³/mol. The van der Waals surface area contributed by atoms with Crippen molar-refractivity contribution in [1.82, 2.24) is 4.98 Å². The normalized spacial score (nSPS) is 12.1. The summed E-state index contributed by atoms with van der Waals surface area (Å²) in [6.45, 7) is 1.96. The Hall–Kier alpha value is -2.30. The molecule has 0 bridgehead atoms. The monoisotopic (exact) mass is 246 g/mol. The highest BCUT2D eigenvalue weighted by molar-refractivity contribution is 5.61. The number of nitrogen functional groups attached to an aromatic ring is 2. The topological polar surface area (TPSA) is 77.0 Å². The van der Waals surface area contributed by atoms with Gasteiger partial charge in [-0.2, -0.15) is 0 Å². The molecule has 0 spiro atoms. The van der Waals surface area contributed by atoms with E-state index in [2.05, 4.69) is 10.3 Å². The molecule has 0 saturated heterocycles. The molecular formula is C13H15FN4. The Bertz CT molecular complexity index is 539. The summed E-state index contributed by atoms with van der Waals surface area (Å²) in [4.78, 5) is 4.12. The van der Waals surface area contributed by atoms with Crippen molar-refractivity contribution in [2.75, 3.05) is 16.8 Å². The van der Waals surface area contributed by atoms with Gasteiger partial charge in [-0.25, -0.2) is 9.37 Å². The Morgan fingerprint density at radius 2 is 1.78 bits per heavy atom. The van der Waals surface area contributed by atoms with Crippen LogP contribution in [0.25, 0.3) is 0 Å². The highest BCUT2D eigenvalue weighted by atomic mass is 19.1. The largest absolute Gasteiger partial charge is 0.396 e. The highest BCUT2D eigenvalue weighted by Gasteiger charge is 2.07. The molecule has 0 aliphatic rings. The highest BCUT2D eigenvalue weighted by Crippen LogP contribution is 2.20. The van der Waals surface area contributed by atoms with Gasteiger partial charge < -0.3 is 16.8 Å².